The Kier molecular flexibility index (Phi) is 3.38. The summed E-state index contributed by atoms with van der Waals surface area (Å²) in [7, 11) is 0. The lowest BCUT2D eigenvalue weighted by Gasteiger charge is -2.38. The Balaban J connectivity index is 1.98. The highest BCUT2D eigenvalue weighted by Gasteiger charge is 2.43. The molecular weight excluding hydrogens is 246 g/mol. The van der Waals surface area contributed by atoms with Crippen molar-refractivity contribution < 1.29 is 14.4 Å². The molecule has 1 aromatic rings. The molecule has 6 heteroatoms. The van der Waals surface area contributed by atoms with Gasteiger partial charge in [-0.05, 0) is 40.5 Å². The van der Waals surface area contributed by atoms with Crippen molar-refractivity contribution in [3.63, 3.8) is 0 Å². The van der Waals surface area contributed by atoms with Crippen LogP contribution >= 0.6 is 0 Å². The third-order valence-electron chi connectivity index (χ3n) is 4.20. The molecule has 0 radical (unpaired) electrons. The molecule has 106 valence electrons. The lowest BCUT2D eigenvalue weighted by molar-refractivity contribution is -0.151. The van der Waals surface area contributed by atoms with Gasteiger partial charge in [-0.15, -0.1) is 0 Å². The van der Waals surface area contributed by atoms with E-state index in [1.807, 2.05) is 13.8 Å². The summed E-state index contributed by atoms with van der Waals surface area (Å²) in [4.78, 5) is 15.6. The van der Waals surface area contributed by atoms with Gasteiger partial charge in [0.25, 0.3) is 0 Å². The monoisotopic (exact) mass is 267 g/mol. The van der Waals surface area contributed by atoms with Gasteiger partial charge >= 0.3 is 5.97 Å². The summed E-state index contributed by atoms with van der Waals surface area (Å²) in [6.07, 6.45) is 2.24. The molecule has 1 aliphatic carbocycles. The van der Waals surface area contributed by atoms with Crippen LogP contribution in [0.5, 0.6) is 0 Å². The highest BCUT2D eigenvalue weighted by molar-refractivity contribution is 5.75. The van der Waals surface area contributed by atoms with Crippen LogP contribution in [-0.4, -0.2) is 26.8 Å². The number of carboxylic acid groups (broad SMARTS) is 1. The second-order valence-corrected chi connectivity index (χ2v) is 6.23. The van der Waals surface area contributed by atoms with Crippen LogP contribution < -0.4 is 5.32 Å². The van der Waals surface area contributed by atoms with Crippen LogP contribution in [0, 0.1) is 5.41 Å². The second-order valence-electron chi connectivity index (χ2n) is 6.23. The quantitative estimate of drug-likeness (QED) is 0.818. The topological polar surface area (TPSA) is 88.3 Å². The zero-order chi connectivity index (χ0) is 14.3. The zero-order valence-corrected chi connectivity index (χ0v) is 11.9. The molecular formula is C13H21N3O3. The minimum Gasteiger partial charge on any atom is -0.481 e. The standard InChI is InChI=1S/C13H21N3O3/c1-12(2,11(17)18)13(3,4)14-7-9-15-10(19-16-9)8-5-6-8/h8,14H,5-7H2,1-4H3,(H,17,18). The smallest absolute Gasteiger partial charge is 0.310 e. The Morgan fingerprint density at radius 3 is 2.58 bits per heavy atom. The third kappa shape index (κ3) is 2.78. The van der Waals surface area contributed by atoms with E-state index in [4.69, 9.17) is 4.52 Å². The van der Waals surface area contributed by atoms with Gasteiger partial charge in [0.15, 0.2) is 5.82 Å². The molecule has 0 aromatic carbocycles. The Labute approximate surface area is 112 Å². The van der Waals surface area contributed by atoms with Gasteiger partial charge in [0.05, 0.1) is 12.0 Å². The molecule has 0 spiro atoms. The summed E-state index contributed by atoms with van der Waals surface area (Å²) in [5.74, 6) is 0.879. The zero-order valence-electron chi connectivity index (χ0n) is 11.9. The predicted octanol–water partition coefficient (Wildman–Crippen LogP) is 1.93. The van der Waals surface area contributed by atoms with Gasteiger partial charge in [-0.3, -0.25) is 4.79 Å². The predicted molar refractivity (Wildman–Crippen MR) is 68.6 cm³/mol. The molecule has 1 aliphatic rings. The molecule has 1 heterocycles. The van der Waals surface area contributed by atoms with Crippen molar-refractivity contribution in [2.75, 3.05) is 0 Å². The Hall–Kier alpha value is -1.43. The molecule has 0 saturated heterocycles. The van der Waals surface area contributed by atoms with Gasteiger partial charge in [-0.2, -0.15) is 4.98 Å². The molecule has 6 nitrogen and oxygen atoms in total. The first-order valence-electron chi connectivity index (χ1n) is 6.55. The number of hydrogen-bond acceptors (Lipinski definition) is 5. The molecule has 1 saturated carbocycles. The van der Waals surface area contributed by atoms with Gasteiger partial charge in [0, 0.05) is 11.5 Å². The Morgan fingerprint density at radius 2 is 2.05 bits per heavy atom. The number of carboxylic acids is 1. The van der Waals surface area contributed by atoms with Gasteiger partial charge < -0.3 is 14.9 Å². The van der Waals surface area contributed by atoms with Crippen LogP contribution in [-0.2, 0) is 11.3 Å². The van der Waals surface area contributed by atoms with Crippen molar-refractivity contribution in [3.05, 3.63) is 11.7 Å². The maximum atomic E-state index is 11.3. The van der Waals surface area contributed by atoms with E-state index in [0.29, 0.717) is 24.2 Å². The maximum Gasteiger partial charge on any atom is 0.310 e. The number of rotatable bonds is 6. The van der Waals surface area contributed by atoms with Crippen LogP contribution in [0.25, 0.3) is 0 Å². The lowest BCUT2D eigenvalue weighted by atomic mass is 9.74. The summed E-state index contributed by atoms with van der Waals surface area (Å²) in [6, 6.07) is 0. The van der Waals surface area contributed by atoms with E-state index < -0.39 is 16.9 Å². The van der Waals surface area contributed by atoms with E-state index in [0.717, 1.165) is 12.8 Å². The molecule has 0 unspecified atom stereocenters. The van der Waals surface area contributed by atoms with Crippen molar-refractivity contribution in [2.24, 2.45) is 5.41 Å². The fourth-order valence-corrected chi connectivity index (χ4v) is 1.62. The molecule has 0 aliphatic heterocycles. The normalized spacial score (nSPS) is 16.6. The largest absolute Gasteiger partial charge is 0.481 e. The molecule has 0 amide bonds. The number of hydrogen-bond donors (Lipinski definition) is 2. The van der Waals surface area contributed by atoms with Crippen molar-refractivity contribution in [1.29, 1.82) is 0 Å². The first kappa shape index (κ1) is 14.0. The highest BCUT2D eigenvalue weighted by Crippen LogP contribution is 2.38. The molecule has 0 bridgehead atoms. The summed E-state index contributed by atoms with van der Waals surface area (Å²) >= 11 is 0. The number of aliphatic carboxylic acids is 1. The molecule has 19 heavy (non-hydrogen) atoms. The van der Waals surface area contributed by atoms with Crippen LogP contribution in [0.3, 0.4) is 0 Å². The molecule has 1 fully saturated rings. The SMILES string of the molecule is CC(C)(NCc1noc(C2CC2)n1)C(C)(C)C(=O)O. The molecule has 1 aromatic heterocycles. The maximum absolute atomic E-state index is 11.3. The van der Waals surface area contributed by atoms with Crippen LogP contribution in [0.2, 0.25) is 0 Å². The number of aromatic nitrogens is 2. The van der Waals surface area contributed by atoms with Crippen molar-refractivity contribution in [3.8, 4) is 0 Å². The van der Waals surface area contributed by atoms with E-state index in [-0.39, 0.29) is 0 Å². The van der Waals surface area contributed by atoms with Crippen molar-refractivity contribution in [1.82, 2.24) is 15.5 Å². The summed E-state index contributed by atoms with van der Waals surface area (Å²) in [5, 5.41) is 16.4. The van der Waals surface area contributed by atoms with Gasteiger partial charge in [-0.1, -0.05) is 5.16 Å². The third-order valence-corrected chi connectivity index (χ3v) is 4.20. The number of nitrogens with one attached hydrogen (secondary N) is 1. The first-order chi connectivity index (χ1) is 8.74. The van der Waals surface area contributed by atoms with E-state index in [1.165, 1.54) is 0 Å². The second kappa shape index (κ2) is 4.59. The van der Waals surface area contributed by atoms with Crippen LogP contribution in [0.15, 0.2) is 4.52 Å². The Morgan fingerprint density at radius 1 is 1.42 bits per heavy atom. The van der Waals surface area contributed by atoms with Crippen LogP contribution in [0.4, 0.5) is 0 Å². The van der Waals surface area contributed by atoms with E-state index in [1.54, 1.807) is 13.8 Å². The van der Waals surface area contributed by atoms with Crippen molar-refractivity contribution >= 4 is 5.97 Å². The fraction of sp³-hybridized carbons (Fsp3) is 0.769. The number of nitrogens with zero attached hydrogens (tertiary/aromatic N) is 2. The average molecular weight is 267 g/mol. The van der Waals surface area contributed by atoms with Crippen molar-refractivity contribution in [2.45, 2.75) is 58.5 Å². The fourth-order valence-electron chi connectivity index (χ4n) is 1.62. The summed E-state index contributed by atoms with van der Waals surface area (Å²) < 4.78 is 5.17. The van der Waals surface area contributed by atoms with E-state index >= 15 is 0 Å². The average Bonchev–Trinajstić information content (AvgIpc) is 3.06. The Bertz CT molecular complexity index is 475. The summed E-state index contributed by atoms with van der Waals surface area (Å²) in [5.41, 5.74) is -1.48. The minimum absolute atomic E-state index is 0.403. The highest BCUT2D eigenvalue weighted by atomic mass is 16.5. The molecule has 0 atom stereocenters. The molecule has 2 rings (SSSR count). The molecule has 2 N–H and O–H groups in total. The van der Waals surface area contributed by atoms with Crippen LogP contribution in [0.1, 0.15) is 58.2 Å². The van der Waals surface area contributed by atoms with Gasteiger partial charge in [0.1, 0.15) is 0 Å². The van der Waals surface area contributed by atoms with Gasteiger partial charge in [-0.25, -0.2) is 0 Å². The van der Waals surface area contributed by atoms with E-state index in [9.17, 15) is 9.90 Å². The van der Waals surface area contributed by atoms with Gasteiger partial charge in [0.2, 0.25) is 5.89 Å². The number of carbonyl (C=O) groups is 1. The lowest BCUT2D eigenvalue weighted by Crippen LogP contribution is -2.54. The first-order valence-corrected chi connectivity index (χ1v) is 6.55. The minimum atomic E-state index is -0.893. The van der Waals surface area contributed by atoms with E-state index in [2.05, 4.69) is 15.5 Å². The summed E-state index contributed by atoms with van der Waals surface area (Å²) in [6.45, 7) is 7.54.